The Morgan fingerprint density at radius 2 is 2.25 bits per heavy atom. The molecule has 2 aliphatic carbocycles. The van der Waals surface area contributed by atoms with Crippen LogP contribution >= 0.6 is 15.9 Å². The van der Waals surface area contributed by atoms with E-state index in [1.807, 2.05) is 0 Å². The summed E-state index contributed by atoms with van der Waals surface area (Å²) in [5.41, 5.74) is 0.938. The minimum absolute atomic E-state index is 0.938. The fourth-order valence-corrected chi connectivity index (χ4v) is 2.30. The monoisotopic (exact) mass is 174 g/mol. The fourth-order valence-electron chi connectivity index (χ4n) is 1.74. The van der Waals surface area contributed by atoms with Gasteiger partial charge in [0.15, 0.2) is 0 Å². The molecule has 0 heterocycles. The molecular formula is C7H11Br. The van der Waals surface area contributed by atoms with Gasteiger partial charge >= 0.3 is 0 Å². The SMILES string of the molecule is BrCCC1CC12CC2. The molecule has 0 saturated heterocycles. The van der Waals surface area contributed by atoms with Crippen molar-refractivity contribution in [1.82, 2.24) is 0 Å². The Labute approximate surface area is 58.8 Å². The Morgan fingerprint density at radius 3 is 2.62 bits per heavy atom. The molecule has 8 heavy (non-hydrogen) atoms. The summed E-state index contributed by atoms with van der Waals surface area (Å²) in [7, 11) is 0. The first kappa shape index (κ1) is 5.28. The van der Waals surface area contributed by atoms with E-state index in [-0.39, 0.29) is 0 Å². The second-order valence-electron chi connectivity index (χ2n) is 3.24. The van der Waals surface area contributed by atoms with Crippen LogP contribution in [-0.4, -0.2) is 5.33 Å². The third-order valence-electron chi connectivity index (χ3n) is 2.71. The number of rotatable bonds is 2. The van der Waals surface area contributed by atoms with E-state index in [0.29, 0.717) is 0 Å². The molecule has 2 aliphatic rings. The highest BCUT2D eigenvalue weighted by molar-refractivity contribution is 9.09. The normalized spacial score (nSPS) is 37.9. The van der Waals surface area contributed by atoms with Gasteiger partial charge in [-0.05, 0) is 37.0 Å². The highest BCUT2D eigenvalue weighted by Gasteiger charge is 2.61. The highest BCUT2D eigenvalue weighted by Crippen LogP contribution is 2.71. The molecule has 0 aromatic rings. The zero-order valence-electron chi connectivity index (χ0n) is 4.99. The second-order valence-corrected chi connectivity index (χ2v) is 4.03. The molecule has 2 saturated carbocycles. The van der Waals surface area contributed by atoms with Crippen LogP contribution in [0.2, 0.25) is 0 Å². The maximum atomic E-state index is 3.47. The Morgan fingerprint density at radius 1 is 1.50 bits per heavy atom. The molecule has 1 atom stereocenters. The maximum absolute atomic E-state index is 3.47. The van der Waals surface area contributed by atoms with Gasteiger partial charge < -0.3 is 0 Å². The lowest BCUT2D eigenvalue weighted by molar-refractivity contribution is 0.692. The molecule has 0 nitrogen and oxygen atoms in total. The van der Waals surface area contributed by atoms with Gasteiger partial charge in [0.1, 0.15) is 0 Å². The molecule has 0 radical (unpaired) electrons. The molecule has 0 N–H and O–H groups in total. The van der Waals surface area contributed by atoms with E-state index in [1.165, 1.54) is 11.8 Å². The molecule has 1 heteroatoms. The van der Waals surface area contributed by atoms with Gasteiger partial charge in [-0.2, -0.15) is 0 Å². The van der Waals surface area contributed by atoms with Gasteiger partial charge in [0.2, 0.25) is 0 Å². The van der Waals surface area contributed by atoms with E-state index in [9.17, 15) is 0 Å². The van der Waals surface area contributed by atoms with Crippen molar-refractivity contribution in [2.45, 2.75) is 25.7 Å². The van der Waals surface area contributed by atoms with Crippen LogP contribution in [0.4, 0.5) is 0 Å². The van der Waals surface area contributed by atoms with E-state index in [1.54, 1.807) is 19.3 Å². The van der Waals surface area contributed by atoms with Crippen molar-refractivity contribution in [2.75, 3.05) is 5.33 Å². The van der Waals surface area contributed by atoms with Crippen molar-refractivity contribution in [3.05, 3.63) is 0 Å². The van der Waals surface area contributed by atoms with Crippen molar-refractivity contribution in [2.24, 2.45) is 11.3 Å². The second kappa shape index (κ2) is 1.50. The third kappa shape index (κ3) is 0.637. The highest BCUT2D eigenvalue weighted by atomic mass is 79.9. The lowest BCUT2D eigenvalue weighted by atomic mass is 10.2. The summed E-state index contributed by atoms with van der Waals surface area (Å²) in [6.07, 6.45) is 6.08. The summed E-state index contributed by atoms with van der Waals surface area (Å²) in [6.45, 7) is 0. The lowest BCUT2D eigenvalue weighted by Crippen LogP contribution is -1.80. The lowest BCUT2D eigenvalue weighted by Gasteiger charge is -1.87. The minimum atomic E-state index is 0.938. The fraction of sp³-hybridized carbons (Fsp3) is 1.00. The minimum Gasteiger partial charge on any atom is -0.0928 e. The summed E-state index contributed by atoms with van der Waals surface area (Å²) in [4.78, 5) is 0. The van der Waals surface area contributed by atoms with Crippen molar-refractivity contribution >= 4 is 15.9 Å². The van der Waals surface area contributed by atoms with E-state index >= 15 is 0 Å². The number of hydrogen-bond acceptors (Lipinski definition) is 0. The quantitative estimate of drug-likeness (QED) is 0.566. The predicted octanol–water partition coefficient (Wildman–Crippen LogP) is 2.57. The van der Waals surface area contributed by atoms with E-state index < -0.39 is 0 Å². The summed E-state index contributed by atoms with van der Waals surface area (Å²) >= 11 is 3.47. The first-order valence-electron chi connectivity index (χ1n) is 3.43. The van der Waals surface area contributed by atoms with Crippen LogP contribution in [0.15, 0.2) is 0 Å². The summed E-state index contributed by atoms with van der Waals surface area (Å²) < 4.78 is 0. The van der Waals surface area contributed by atoms with Gasteiger partial charge in [-0.15, -0.1) is 0 Å². The molecule has 0 aromatic carbocycles. The Kier molecular flexibility index (Phi) is 0.989. The molecule has 1 unspecified atom stereocenters. The van der Waals surface area contributed by atoms with Crippen LogP contribution in [0.1, 0.15) is 25.7 Å². The molecular weight excluding hydrogens is 164 g/mol. The largest absolute Gasteiger partial charge is 0.0928 e. The summed E-state index contributed by atoms with van der Waals surface area (Å²) in [5.74, 6) is 1.13. The van der Waals surface area contributed by atoms with Crippen molar-refractivity contribution in [3.63, 3.8) is 0 Å². The van der Waals surface area contributed by atoms with Gasteiger partial charge in [-0.25, -0.2) is 0 Å². The van der Waals surface area contributed by atoms with Gasteiger partial charge in [0.25, 0.3) is 0 Å². The van der Waals surface area contributed by atoms with Crippen LogP contribution in [-0.2, 0) is 0 Å². The zero-order chi connectivity index (χ0) is 5.61. The molecule has 0 bridgehead atoms. The molecule has 2 fully saturated rings. The average molecular weight is 175 g/mol. The predicted molar refractivity (Wildman–Crippen MR) is 38.2 cm³/mol. The van der Waals surface area contributed by atoms with Crippen molar-refractivity contribution < 1.29 is 0 Å². The van der Waals surface area contributed by atoms with Gasteiger partial charge in [-0.3, -0.25) is 0 Å². The van der Waals surface area contributed by atoms with Crippen LogP contribution < -0.4 is 0 Å². The Bertz CT molecular complexity index is 105. The zero-order valence-corrected chi connectivity index (χ0v) is 6.58. The van der Waals surface area contributed by atoms with E-state index in [2.05, 4.69) is 15.9 Å². The topological polar surface area (TPSA) is 0 Å². The number of alkyl halides is 1. The first-order chi connectivity index (χ1) is 3.87. The average Bonchev–Trinajstić information content (AvgIpc) is 2.57. The smallest absolute Gasteiger partial charge is 0.00341 e. The maximum Gasteiger partial charge on any atom is 0.00341 e. The van der Waals surface area contributed by atoms with Crippen LogP contribution in [0.3, 0.4) is 0 Å². The van der Waals surface area contributed by atoms with E-state index in [0.717, 1.165) is 11.3 Å². The standard InChI is InChI=1S/C7H11Br/c8-4-1-6-5-7(6)2-3-7/h6H,1-5H2. The van der Waals surface area contributed by atoms with Crippen LogP contribution in [0.5, 0.6) is 0 Å². The van der Waals surface area contributed by atoms with E-state index in [4.69, 9.17) is 0 Å². The van der Waals surface area contributed by atoms with Crippen molar-refractivity contribution in [1.29, 1.82) is 0 Å². The summed E-state index contributed by atoms with van der Waals surface area (Å²) in [5, 5.41) is 1.22. The molecule has 1 spiro atoms. The molecule has 46 valence electrons. The molecule has 0 aromatic heterocycles. The van der Waals surface area contributed by atoms with Gasteiger partial charge in [0.05, 0.1) is 0 Å². The summed E-state index contributed by atoms with van der Waals surface area (Å²) in [6, 6.07) is 0. The van der Waals surface area contributed by atoms with Crippen molar-refractivity contribution in [3.8, 4) is 0 Å². The van der Waals surface area contributed by atoms with Crippen LogP contribution in [0.25, 0.3) is 0 Å². The Hall–Kier alpha value is 0.480. The number of hydrogen-bond donors (Lipinski definition) is 0. The van der Waals surface area contributed by atoms with Crippen LogP contribution in [0, 0.1) is 11.3 Å². The third-order valence-corrected chi connectivity index (χ3v) is 3.17. The molecule has 0 amide bonds. The van der Waals surface area contributed by atoms with Gasteiger partial charge in [-0.1, -0.05) is 15.9 Å². The molecule has 0 aliphatic heterocycles. The molecule has 2 rings (SSSR count). The number of halogens is 1. The van der Waals surface area contributed by atoms with Gasteiger partial charge in [0, 0.05) is 5.33 Å². The first-order valence-corrected chi connectivity index (χ1v) is 4.55. The Balaban J connectivity index is 1.80.